The van der Waals surface area contributed by atoms with Crippen molar-refractivity contribution in [1.29, 1.82) is 0 Å². The van der Waals surface area contributed by atoms with Gasteiger partial charge in [-0.3, -0.25) is 0 Å². The number of fused-ring (bicyclic) bond motifs is 1. The van der Waals surface area contributed by atoms with Gasteiger partial charge in [-0.2, -0.15) is 0 Å². The lowest BCUT2D eigenvalue weighted by atomic mass is 9.63. The highest BCUT2D eigenvalue weighted by Gasteiger charge is 2.36. The van der Waals surface area contributed by atoms with E-state index >= 15 is 0 Å². The van der Waals surface area contributed by atoms with Crippen LogP contribution in [-0.2, 0) is 22.2 Å². The predicted molar refractivity (Wildman–Crippen MR) is 134 cm³/mol. The molecule has 0 N–H and O–H groups in total. The van der Waals surface area contributed by atoms with E-state index in [0.717, 1.165) is 16.9 Å². The molecule has 3 nitrogen and oxygen atoms in total. The van der Waals surface area contributed by atoms with Crippen molar-refractivity contribution in [3.8, 4) is 16.9 Å². The fourth-order valence-corrected chi connectivity index (χ4v) is 4.72. The van der Waals surface area contributed by atoms with Crippen LogP contribution in [0.1, 0.15) is 74.5 Å². The summed E-state index contributed by atoms with van der Waals surface area (Å²) >= 11 is 0. The third kappa shape index (κ3) is 4.83. The van der Waals surface area contributed by atoms with Gasteiger partial charge in [0.15, 0.2) is 0 Å². The average molecular weight is 443 g/mol. The Kier molecular flexibility index (Phi) is 6.34. The van der Waals surface area contributed by atoms with Crippen LogP contribution in [0.15, 0.2) is 66.7 Å². The van der Waals surface area contributed by atoms with Crippen molar-refractivity contribution >= 4 is 5.97 Å². The Bertz CT molecular complexity index is 1140. The molecule has 0 radical (unpaired) electrons. The summed E-state index contributed by atoms with van der Waals surface area (Å²) in [5, 5.41) is 0. The molecule has 3 aromatic carbocycles. The third-order valence-electron chi connectivity index (χ3n) is 6.91. The van der Waals surface area contributed by atoms with E-state index in [2.05, 4.69) is 45.9 Å². The molecule has 172 valence electrons. The molecule has 1 aliphatic rings. The second-order valence-corrected chi connectivity index (χ2v) is 10.2. The van der Waals surface area contributed by atoms with Crippen LogP contribution in [0.4, 0.5) is 0 Å². The van der Waals surface area contributed by atoms with E-state index in [1.54, 1.807) is 12.1 Å². The van der Waals surface area contributed by atoms with Crippen molar-refractivity contribution < 1.29 is 14.3 Å². The fraction of sp³-hybridized carbons (Fsp3) is 0.367. The van der Waals surface area contributed by atoms with Gasteiger partial charge >= 0.3 is 5.97 Å². The van der Waals surface area contributed by atoms with E-state index in [0.29, 0.717) is 18.8 Å². The van der Waals surface area contributed by atoms with Crippen molar-refractivity contribution in [1.82, 2.24) is 0 Å². The van der Waals surface area contributed by atoms with Crippen LogP contribution in [0.3, 0.4) is 0 Å². The summed E-state index contributed by atoms with van der Waals surface area (Å²) in [6.07, 6.45) is 2.41. The highest BCUT2D eigenvalue weighted by molar-refractivity contribution is 5.90. The van der Waals surface area contributed by atoms with Gasteiger partial charge in [0.25, 0.3) is 0 Å². The zero-order valence-electron chi connectivity index (χ0n) is 20.4. The third-order valence-corrected chi connectivity index (χ3v) is 6.91. The first-order valence-corrected chi connectivity index (χ1v) is 11.8. The Labute approximate surface area is 197 Å². The summed E-state index contributed by atoms with van der Waals surface area (Å²) in [5.41, 5.74) is 7.06. The molecule has 0 amide bonds. The van der Waals surface area contributed by atoms with E-state index in [4.69, 9.17) is 9.47 Å². The molecule has 0 saturated heterocycles. The first-order valence-electron chi connectivity index (χ1n) is 11.8. The number of carbonyl (C=O) groups is 1. The van der Waals surface area contributed by atoms with Gasteiger partial charge in [-0.1, -0.05) is 76.2 Å². The van der Waals surface area contributed by atoms with Crippen LogP contribution in [0.5, 0.6) is 5.75 Å². The van der Waals surface area contributed by atoms with Crippen LogP contribution >= 0.6 is 0 Å². The molecule has 0 fully saturated rings. The summed E-state index contributed by atoms with van der Waals surface area (Å²) in [5.74, 6) is 0.533. The fourth-order valence-electron chi connectivity index (χ4n) is 4.72. The lowest BCUT2D eigenvalue weighted by Gasteiger charge is -2.42. The molecule has 33 heavy (non-hydrogen) atoms. The van der Waals surface area contributed by atoms with E-state index < -0.39 is 0 Å². The number of ether oxygens (including phenoxy) is 2. The zero-order valence-corrected chi connectivity index (χ0v) is 20.4. The monoisotopic (exact) mass is 442 g/mol. The average Bonchev–Trinajstić information content (AvgIpc) is 2.81. The first-order chi connectivity index (χ1) is 15.7. The molecule has 1 aliphatic carbocycles. The molecule has 0 aromatic heterocycles. The van der Waals surface area contributed by atoms with Crippen LogP contribution in [0.25, 0.3) is 11.1 Å². The Hall–Kier alpha value is -3.07. The maximum Gasteiger partial charge on any atom is 0.338 e. The molecule has 3 heteroatoms. The van der Waals surface area contributed by atoms with Crippen LogP contribution in [0, 0.1) is 0 Å². The van der Waals surface area contributed by atoms with Gasteiger partial charge in [-0.05, 0) is 71.0 Å². The molecule has 0 unspecified atom stereocenters. The maximum atomic E-state index is 12.0. The highest BCUT2D eigenvalue weighted by Crippen LogP contribution is 2.46. The minimum atomic E-state index is -0.299. The Morgan fingerprint density at radius 2 is 1.52 bits per heavy atom. The number of para-hydroxylation sites is 1. The molecule has 0 bridgehead atoms. The van der Waals surface area contributed by atoms with Gasteiger partial charge in [-0.15, -0.1) is 0 Å². The topological polar surface area (TPSA) is 35.5 Å². The molecule has 0 aliphatic heterocycles. The molecule has 0 spiro atoms. The Morgan fingerprint density at radius 3 is 2.21 bits per heavy atom. The number of esters is 1. The first kappa shape index (κ1) is 23.1. The lowest BCUT2D eigenvalue weighted by Crippen LogP contribution is -2.33. The maximum absolute atomic E-state index is 12.0. The number of rotatable bonds is 6. The van der Waals surface area contributed by atoms with Gasteiger partial charge in [0, 0.05) is 5.56 Å². The summed E-state index contributed by atoms with van der Waals surface area (Å²) < 4.78 is 11.4. The van der Waals surface area contributed by atoms with E-state index in [-0.39, 0.29) is 16.8 Å². The quantitative estimate of drug-likeness (QED) is 0.372. The van der Waals surface area contributed by atoms with E-state index in [1.165, 1.54) is 29.5 Å². The molecular formula is C30H34O3. The second kappa shape index (κ2) is 9.05. The van der Waals surface area contributed by atoms with Gasteiger partial charge in [0.05, 0.1) is 12.2 Å². The van der Waals surface area contributed by atoms with Crippen molar-refractivity contribution in [2.45, 2.75) is 64.9 Å². The van der Waals surface area contributed by atoms with Crippen molar-refractivity contribution in [2.24, 2.45) is 0 Å². The van der Waals surface area contributed by atoms with Crippen molar-refractivity contribution in [3.05, 3.63) is 89.0 Å². The number of hydrogen-bond donors (Lipinski definition) is 0. The van der Waals surface area contributed by atoms with Crippen LogP contribution in [-0.4, -0.2) is 12.6 Å². The number of benzene rings is 3. The summed E-state index contributed by atoms with van der Waals surface area (Å²) in [7, 11) is 0. The normalized spacial score (nSPS) is 16.0. The smallest absolute Gasteiger partial charge is 0.338 e. The molecule has 0 heterocycles. The zero-order chi connectivity index (χ0) is 23.6. The molecule has 3 aromatic rings. The SMILES string of the molecule is CCOC(=O)c1ccc(-c2ccccc2OCc2ccc3c(c2)C(C)(C)CCC3(C)C)cc1. The molecular weight excluding hydrogens is 408 g/mol. The van der Waals surface area contributed by atoms with Gasteiger partial charge in [0.1, 0.15) is 12.4 Å². The molecule has 0 saturated carbocycles. The van der Waals surface area contributed by atoms with Gasteiger partial charge < -0.3 is 9.47 Å². The van der Waals surface area contributed by atoms with Crippen LogP contribution in [0.2, 0.25) is 0 Å². The second-order valence-electron chi connectivity index (χ2n) is 10.2. The molecule has 0 atom stereocenters. The minimum absolute atomic E-state index is 0.180. The predicted octanol–water partition coefficient (Wildman–Crippen LogP) is 7.46. The summed E-state index contributed by atoms with van der Waals surface area (Å²) in [4.78, 5) is 12.0. The largest absolute Gasteiger partial charge is 0.488 e. The minimum Gasteiger partial charge on any atom is -0.488 e. The highest BCUT2D eigenvalue weighted by atomic mass is 16.5. The van der Waals surface area contributed by atoms with Gasteiger partial charge in [-0.25, -0.2) is 4.79 Å². The number of hydrogen-bond acceptors (Lipinski definition) is 3. The summed E-state index contributed by atoms with van der Waals surface area (Å²) in [6, 6.07) is 22.4. The standard InChI is InChI=1S/C30H34O3/c1-6-32-28(31)23-14-12-22(13-15-23)24-9-7-8-10-27(24)33-20-21-11-16-25-26(19-21)30(4,5)18-17-29(25,2)3/h7-16,19H,6,17-18,20H2,1-5H3. The van der Waals surface area contributed by atoms with Crippen LogP contribution < -0.4 is 4.74 Å². The van der Waals surface area contributed by atoms with Crippen molar-refractivity contribution in [2.75, 3.05) is 6.61 Å². The van der Waals surface area contributed by atoms with E-state index in [9.17, 15) is 4.79 Å². The van der Waals surface area contributed by atoms with Crippen molar-refractivity contribution in [3.63, 3.8) is 0 Å². The lowest BCUT2D eigenvalue weighted by molar-refractivity contribution is 0.0526. The van der Waals surface area contributed by atoms with E-state index in [1.807, 2.05) is 43.3 Å². The summed E-state index contributed by atoms with van der Waals surface area (Å²) in [6.45, 7) is 12.1. The number of carbonyl (C=O) groups excluding carboxylic acids is 1. The Balaban J connectivity index is 1.56. The van der Waals surface area contributed by atoms with Gasteiger partial charge in [0.2, 0.25) is 0 Å². The Morgan fingerprint density at radius 1 is 0.848 bits per heavy atom. The molecule has 4 rings (SSSR count).